The Morgan fingerprint density at radius 3 is 3.00 bits per heavy atom. The van der Waals surface area contributed by atoms with E-state index < -0.39 is 0 Å². The Morgan fingerprint density at radius 2 is 2.38 bits per heavy atom. The van der Waals surface area contributed by atoms with E-state index in [4.69, 9.17) is 4.74 Å². The van der Waals surface area contributed by atoms with E-state index in [0.717, 1.165) is 25.1 Å². The molecule has 0 N–H and O–H groups in total. The molecular weight excluding hydrogens is 204 g/mol. The number of hydrogen-bond donors (Lipinski definition) is 0. The number of aromatic nitrogens is 2. The Kier molecular flexibility index (Phi) is 4.76. The largest absolute Gasteiger partial charge is 0.441 e. The van der Waals surface area contributed by atoms with Gasteiger partial charge in [-0.2, -0.15) is 0 Å². The zero-order chi connectivity index (χ0) is 12.0. The summed E-state index contributed by atoms with van der Waals surface area (Å²) in [5, 5.41) is 0. The summed E-state index contributed by atoms with van der Waals surface area (Å²) >= 11 is 0. The Hall–Kier alpha value is -1.58. The SMILES string of the molecule is C=C(C)C(=O)OCn1ccnc1CCCC. The number of carbonyl (C=O) groups excluding carboxylic acids is 1. The summed E-state index contributed by atoms with van der Waals surface area (Å²) in [7, 11) is 0. The van der Waals surface area contributed by atoms with Gasteiger partial charge in [0.2, 0.25) is 0 Å². The minimum absolute atomic E-state index is 0.213. The van der Waals surface area contributed by atoms with Crippen molar-refractivity contribution in [1.29, 1.82) is 0 Å². The number of esters is 1. The van der Waals surface area contributed by atoms with Crippen molar-refractivity contribution in [1.82, 2.24) is 9.55 Å². The average molecular weight is 222 g/mol. The number of hydrogen-bond acceptors (Lipinski definition) is 3. The predicted molar refractivity (Wildman–Crippen MR) is 61.7 cm³/mol. The molecule has 1 heterocycles. The molecule has 0 unspecified atom stereocenters. The smallest absolute Gasteiger partial charge is 0.334 e. The Morgan fingerprint density at radius 1 is 1.62 bits per heavy atom. The molecule has 4 heteroatoms. The van der Waals surface area contributed by atoms with E-state index in [1.165, 1.54) is 0 Å². The maximum atomic E-state index is 11.2. The molecule has 1 aromatic rings. The molecule has 0 saturated heterocycles. The molecule has 88 valence electrons. The molecule has 0 aliphatic heterocycles. The van der Waals surface area contributed by atoms with Crippen LogP contribution in [0.15, 0.2) is 24.5 Å². The maximum Gasteiger partial charge on any atom is 0.334 e. The third-order valence-electron chi connectivity index (χ3n) is 2.24. The number of ether oxygens (including phenoxy) is 1. The standard InChI is InChI=1S/C12H18N2O2/c1-4-5-6-11-13-7-8-14(11)9-16-12(15)10(2)3/h7-8H,2,4-6,9H2,1,3H3. The molecule has 16 heavy (non-hydrogen) atoms. The summed E-state index contributed by atoms with van der Waals surface area (Å²) in [5.74, 6) is 0.589. The van der Waals surface area contributed by atoms with Gasteiger partial charge in [-0.1, -0.05) is 19.9 Å². The van der Waals surface area contributed by atoms with Gasteiger partial charge >= 0.3 is 5.97 Å². The molecule has 0 bridgehead atoms. The van der Waals surface area contributed by atoms with Crippen LogP contribution in [-0.2, 0) is 22.7 Å². The van der Waals surface area contributed by atoms with Gasteiger partial charge in [0.25, 0.3) is 0 Å². The molecule has 1 aromatic heterocycles. The highest BCUT2D eigenvalue weighted by Crippen LogP contribution is 2.04. The van der Waals surface area contributed by atoms with Crippen molar-refractivity contribution < 1.29 is 9.53 Å². The zero-order valence-electron chi connectivity index (χ0n) is 9.90. The number of carbonyl (C=O) groups is 1. The average Bonchev–Trinajstić information content (AvgIpc) is 2.70. The minimum Gasteiger partial charge on any atom is -0.441 e. The molecule has 0 atom stereocenters. The predicted octanol–water partition coefficient (Wildman–Crippen LogP) is 2.30. The molecule has 0 saturated carbocycles. The van der Waals surface area contributed by atoms with Crippen molar-refractivity contribution in [2.24, 2.45) is 0 Å². The van der Waals surface area contributed by atoms with Crippen molar-refractivity contribution in [3.8, 4) is 0 Å². The van der Waals surface area contributed by atoms with Crippen LogP contribution in [0.4, 0.5) is 0 Å². The number of imidazole rings is 1. The topological polar surface area (TPSA) is 44.1 Å². The lowest BCUT2D eigenvalue weighted by atomic mass is 10.2. The van der Waals surface area contributed by atoms with Crippen molar-refractivity contribution in [3.05, 3.63) is 30.4 Å². The fraction of sp³-hybridized carbons (Fsp3) is 0.500. The Bertz CT molecular complexity index is 369. The first-order valence-corrected chi connectivity index (χ1v) is 5.47. The van der Waals surface area contributed by atoms with Gasteiger partial charge in [-0.15, -0.1) is 0 Å². The van der Waals surface area contributed by atoms with E-state index in [1.807, 2.05) is 10.8 Å². The van der Waals surface area contributed by atoms with Gasteiger partial charge in [0.05, 0.1) is 0 Å². The lowest BCUT2D eigenvalue weighted by Gasteiger charge is -2.08. The van der Waals surface area contributed by atoms with Crippen LogP contribution in [0.2, 0.25) is 0 Å². The normalized spacial score (nSPS) is 10.1. The van der Waals surface area contributed by atoms with E-state index in [1.54, 1.807) is 13.1 Å². The molecule has 0 radical (unpaired) electrons. The van der Waals surface area contributed by atoms with Gasteiger partial charge in [-0.25, -0.2) is 9.78 Å². The van der Waals surface area contributed by atoms with Crippen LogP contribution in [0.25, 0.3) is 0 Å². The van der Waals surface area contributed by atoms with E-state index in [9.17, 15) is 4.79 Å². The summed E-state index contributed by atoms with van der Waals surface area (Å²) in [4.78, 5) is 15.4. The molecule has 0 aliphatic carbocycles. The zero-order valence-corrected chi connectivity index (χ0v) is 9.90. The van der Waals surface area contributed by atoms with Crippen LogP contribution >= 0.6 is 0 Å². The lowest BCUT2D eigenvalue weighted by molar-refractivity contribution is -0.142. The van der Waals surface area contributed by atoms with Crippen molar-refractivity contribution in [2.75, 3.05) is 0 Å². The lowest BCUT2D eigenvalue weighted by Crippen LogP contribution is -2.11. The molecule has 4 nitrogen and oxygen atoms in total. The fourth-order valence-electron chi connectivity index (χ4n) is 1.27. The second-order valence-corrected chi connectivity index (χ2v) is 3.76. The monoisotopic (exact) mass is 222 g/mol. The second-order valence-electron chi connectivity index (χ2n) is 3.76. The summed E-state index contributed by atoms with van der Waals surface area (Å²) in [6.07, 6.45) is 6.66. The van der Waals surface area contributed by atoms with Gasteiger partial charge in [0.15, 0.2) is 6.73 Å². The van der Waals surface area contributed by atoms with Crippen molar-refractivity contribution in [3.63, 3.8) is 0 Å². The highest BCUT2D eigenvalue weighted by Gasteiger charge is 2.06. The van der Waals surface area contributed by atoms with Crippen molar-refractivity contribution in [2.45, 2.75) is 39.8 Å². The fourth-order valence-corrected chi connectivity index (χ4v) is 1.27. The second kappa shape index (κ2) is 6.10. The van der Waals surface area contributed by atoms with Gasteiger partial charge in [-0.3, -0.25) is 0 Å². The first kappa shape index (κ1) is 12.5. The van der Waals surface area contributed by atoms with Gasteiger partial charge < -0.3 is 9.30 Å². The Labute approximate surface area is 95.9 Å². The third kappa shape index (κ3) is 3.53. The van der Waals surface area contributed by atoms with Crippen LogP contribution in [0.5, 0.6) is 0 Å². The van der Waals surface area contributed by atoms with Crippen molar-refractivity contribution >= 4 is 5.97 Å². The van der Waals surface area contributed by atoms with Gasteiger partial charge in [0.1, 0.15) is 5.82 Å². The number of rotatable bonds is 6. The van der Waals surface area contributed by atoms with Crippen LogP contribution in [0.3, 0.4) is 0 Å². The molecular formula is C12H18N2O2. The molecule has 0 amide bonds. The van der Waals surface area contributed by atoms with Crippen LogP contribution in [0, 0.1) is 0 Å². The Balaban J connectivity index is 2.50. The molecule has 1 rings (SSSR count). The third-order valence-corrected chi connectivity index (χ3v) is 2.24. The molecule has 0 spiro atoms. The van der Waals surface area contributed by atoms with E-state index in [0.29, 0.717) is 5.57 Å². The quantitative estimate of drug-likeness (QED) is 0.548. The van der Waals surface area contributed by atoms with E-state index >= 15 is 0 Å². The minimum atomic E-state index is -0.366. The summed E-state index contributed by atoms with van der Waals surface area (Å²) in [5.41, 5.74) is 0.412. The first-order valence-electron chi connectivity index (χ1n) is 5.47. The highest BCUT2D eigenvalue weighted by molar-refractivity contribution is 5.86. The van der Waals surface area contributed by atoms with Crippen LogP contribution < -0.4 is 0 Å². The van der Waals surface area contributed by atoms with Crippen LogP contribution in [-0.4, -0.2) is 15.5 Å². The molecule has 0 fully saturated rings. The highest BCUT2D eigenvalue weighted by atomic mass is 16.5. The first-order chi connectivity index (χ1) is 7.65. The number of aryl methyl sites for hydroxylation is 1. The van der Waals surface area contributed by atoms with E-state index in [2.05, 4.69) is 18.5 Å². The van der Waals surface area contributed by atoms with Gasteiger partial charge in [0, 0.05) is 24.4 Å². The van der Waals surface area contributed by atoms with Crippen LogP contribution in [0.1, 0.15) is 32.5 Å². The van der Waals surface area contributed by atoms with E-state index in [-0.39, 0.29) is 12.7 Å². The summed E-state index contributed by atoms with van der Waals surface area (Å²) in [6, 6.07) is 0. The number of unbranched alkanes of at least 4 members (excludes halogenated alkanes) is 1. The van der Waals surface area contributed by atoms with Gasteiger partial charge in [-0.05, 0) is 13.3 Å². The molecule has 0 aliphatic rings. The maximum absolute atomic E-state index is 11.2. The summed E-state index contributed by atoms with van der Waals surface area (Å²) < 4.78 is 6.90. The number of nitrogens with zero attached hydrogens (tertiary/aromatic N) is 2. The summed E-state index contributed by atoms with van der Waals surface area (Å²) in [6.45, 7) is 7.51. The molecule has 0 aromatic carbocycles.